The van der Waals surface area contributed by atoms with E-state index in [-0.39, 0.29) is 11.7 Å². The van der Waals surface area contributed by atoms with Gasteiger partial charge in [-0.25, -0.2) is 4.79 Å². The molecule has 0 fully saturated rings. The lowest BCUT2D eigenvalue weighted by atomic mass is 10.1. The van der Waals surface area contributed by atoms with E-state index in [9.17, 15) is 4.79 Å². The van der Waals surface area contributed by atoms with Gasteiger partial charge in [0.2, 0.25) is 5.76 Å². The number of hydrogen-bond donors (Lipinski definition) is 1. The summed E-state index contributed by atoms with van der Waals surface area (Å²) in [5.41, 5.74) is 3.11. The summed E-state index contributed by atoms with van der Waals surface area (Å²) in [4.78, 5) is 10.7. The Labute approximate surface area is 105 Å². The van der Waals surface area contributed by atoms with E-state index < -0.39 is 5.97 Å². The first-order valence-electron chi connectivity index (χ1n) is 5.57. The number of hydrogen-bond acceptors (Lipinski definition) is 3. The lowest BCUT2D eigenvalue weighted by Crippen LogP contribution is -1.93. The van der Waals surface area contributed by atoms with Crippen molar-refractivity contribution >= 4 is 5.97 Å². The Hall–Kier alpha value is -2.23. The molecule has 0 aliphatic heterocycles. The van der Waals surface area contributed by atoms with Crippen LogP contribution in [0.1, 0.15) is 27.2 Å². The molecule has 4 nitrogen and oxygen atoms in total. The van der Waals surface area contributed by atoms with Crippen LogP contribution in [0.3, 0.4) is 0 Å². The minimum absolute atomic E-state index is 0.132. The standard InChI is InChI=1S/C14H14O4/c1-8-4-5-9(2)13(10(8)3)18-12-7-6-11(17-12)14(15)16/h4-7H,1-3H3,(H,15,16). The maximum Gasteiger partial charge on any atom is 0.371 e. The molecule has 94 valence electrons. The van der Waals surface area contributed by atoms with E-state index in [1.54, 1.807) is 0 Å². The van der Waals surface area contributed by atoms with Crippen LogP contribution in [0.15, 0.2) is 28.7 Å². The van der Waals surface area contributed by atoms with Crippen LogP contribution in [-0.4, -0.2) is 11.1 Å². The second kappa shape index (κ2) is 4.56. The van der Waals surface area contributed by atoms with Gasteiger partial charge in [-0.15, -0.1) is 0 Å². The summed E-state index contributed by atoms with van der Waals surface area (Å²) in [6.07, 6.45) is 0. The molecule has 1 N–H and O–H groups in total. The molecule has 0 radical (unpaired) electrons. The van der Waals surface area contributed by atoms with Crippen LogP contribution in [0.4, 0.5) is 0 Å². The molecule has 0 aliphatic carbocycles. The maximum absolute atomic E-state index is 10.7. The van der Waals surface area contributed by atoms with E-state index in [4.69, 9.17) is 14.3 Å². The quantitative estimate of drug-likeness (QED) is 0.897. The van der Waals surface area contributed by atoms with Crippen molar-refractivity contribution in [3.63, 3.8) is 0 Å². The SMILES string of the molecule is Cc1ccc(C)c(Oc2ccc(C(=O)O)o2)c1C. The van der Waals surface area contributed by atoms with Gasteiger partial charge in [0.15, 0.2) is 0 Å². The van der Waals surface area contributed by atoms with E-state index in [0.29, 0.717) is 5.75 Å². The summed E-state index contributed by atoms with van der Waals surface area (Å²) in [6, 6.07) is 6.85. The van der Waals surface area contributed by atoms with Crippen LogP contribution in [-0.2, 0) is 0 Å². The largest absolute Gasteiger partial charge is 0.475 e. The van der Waals surface area contributed by atoms with Gasteiger partial charge in [0.05, 0.1) is 0 Å². The van der Waals surface area contributed by atoms with Crippen molar-refractivity contribution in [2.75, 3.05) is 0 Å². The van der Waals surface area contributed by atoms with Crippen molar-refractivity contribution in [3.8, 4) is 11.7 Å². The van der Waals surface area contributed by atoms with Crippen molar-refractivity contribution in [2.24, 2.45) is 0 Å². The smallest absolute Gasteiger partial charge is 0.371 e. The van der Waals surface area contributed by atoms with Crippen LogP contribution in [0.5, 0.6) is 11.7 Å². The normalized spacial score (nSPS) is 10.4. The van der Waals surface area contributed by atoms with Gasteiger partial charge in [-0.3, -0.25) is 0 Å². The second-order valence-electron chi connectivity index (χ2n) is 4.18. The number of carbonyl (C=O) groups is 1. The van der Waals surface area contributed by atoms with E-state index >= 15 is 0 Å². The molecular formula is C14H14O4. The average molecular weight is 246 g/mol. The fraction of sp³-hybridized carbons (Fsp3) is 0.214. The van der Waals surface area contributed by atoms with Gasteiger partial charge in [-0.1, -0.05) is 12.1 Å². The zero-order chi connectivity index (χ0) is 13.3. The molecule has 2 rings (SSSR count). The number of ether oxygens (including phenoxy) is 1. The van der Waals surface area contributed by atoms with E-state index in [1.165, 1.54) is 12.1 Å². The first kappa shape index (κ1) is 12.2. The third-order valence-corrected chi connectivity index (χ3v) is 2.87. The Balaban J connectivity index is 2.33. The van der Waals surface area contributed by atoms with E-state index in [1.807, 2.05) is 32.9 Å². The Morgan fingerprint density at radius 3 is 2.39 bits per heavy atom. The summed E-state index contributed by atoms with van der Waals surface area (Å²) < 4.78 is 10.7. The predicted molar refractivity (Wildman–Crippen MR) is 66.4 cm³/mol. The zero-order valence-electron chi connectivity index (χ0n) is 10.5. The molecule has 0 saturated carbocycles. The van der Waals surface area contributed by atoms with Crippen molar-refractivity contribution in [1.29, 1.82) is 0 Å². The third kappa shape index (κ3) is 2.22. The number of benzene rings is 1. The molecule has 0 saturated heterocycles. The van der Waals surface area contributed by atoms with Gasteiger partial charge in [0.1, 0.15) is 5.75 Å². The van der Waals surface area contributed by atoms with Crippen LogP contribution >= 0.6 is 0 Å². The molecule has 0 amide bonds. The monoisotopic (exact) mass is 246 g/mol. The fourth-order valence-corrected chi connectivity index (χ4v) is 1.67. The maximum atomic E-state index is 10.7. The predicted octanol–water partition coefficient (Wildman–Crippen LogP) is 3.70. The van der Waals surface area contributed by atoms with Crippen molar-refractivity contribution in [3.05, 3.63) is 46.7 Å². The molecule has 0 bridgehead atoms. The van der Waals surface area contributed by atoms with E-state index in [2.05, 4.69) is 0 Å². The third-order valence-electron chi connectivity index (χ3n) is 2.87. The highest BCUT2D eigenvalue weighted by atomic mass is 16.6. The second-order valence-corrected chi connectivity index (χ2v) is 4.18. The topological polar surface area (TPSA) is 59.7 Å². The molecule has 0 aliphatic rings. The zero-order valence-corrected chi connectivity index (χ0v) is 10.5. The van der Waals surface area contributed by atoms with Gasteiger partial charge in [0.25, 0.3) is 5.95 Å². The molecule has 0 unspecified atom stereocenters. The Morgan fingerprint density at radius 1 is 1.11 bits per heavy atom. The molecule has 2 aromatic rings. The van der Waals surface area contributed by atoms with Crippen LogP contribution in [0.25, 0.3) is 0 Å². The number of carboxylic acid groups (broad SMARTS) is 1. The number of carboxylic acids is 1. The molecule has 4 heteroatoms. The van der Waals surface area contributed by atoms with Crippen molar-refractivity contribution in [2.45, 2.75) is 20.8 Å². The number of rotatable bonds is 3. The van der Waals surface area contributed by atoms with Gasteiger partial charge >= 0.3 is 5.97 Å². The summed E-state index contributed by atoms with van der Waals surface area (Å²) in [6.45, 7) is 5.88. The van der Waals surface area contributed by atoms with Crippen molar-refractivity contribution in [1.82, 2.24) is 0 Å². The Bertz CT molecular complexity index is 596. The van der Waals surface area contributed by atoms with Gasteiger partial charge in [0, 0.05) is 6.07 Å². The fourth-order valence-electron chi connectivity index (χ4n) is 1.67. The molecule has 1 aromatic carbocycles. The number of aryl methyl sites for hydroxylation is 2. The molecule has 18 heavy (non-hydrogen) atoms. The highest BCUT2D eigenvalue weighted by Gasteiger charge is 2.13. The van der Waals surface area contributed by atoms with E-state index in [0.717, 1.165) is 16.7 Å². The first-order valence-corrected chi connectivity index (χ1v) is 5.57. The number of aromatic carboxylic acids is 1. The van der Waals surface area contributed by atoms with Gasteiger partial charge in [-0.05, 0) is 43.5 Å². The van der Waals surface area contributed by atoms with Crippen LogP contribution < -0.4 is 4.74 Å². The number of furan rings is 1. The minimum atomic E-state index is -1.11. The first-order chi connectivity index (χ1) is 8.49. The highest BCUT2D eigenvalue weighted by molar-refractivity contribution is 5.84. The Morgan fingerprint density at radius 2 is 1.78 bits per heavy atom. The minimum Gasteiger partial charge on any atom is -0.475 e. The summed E-state index contributed by atoms with van der Waals surface area (Å²) in [5, 5.41) is 8.77. The van der Waals surface area contributed by atoms with Crippen LogP contribution in [0, 0.1) is 20.8 Å². The molecular weight excluding hydrogens is 232 g/mol. The lowest BCUT2D eigenvalue weighted by molar-refractivity contribution is 0.0657. The van der Waals surface area contributed by atoms with Crippen LogP contribution in [0.2, 0.25) is 0 Å². The summed E-state index contributed by atoms with van der Waals surface area (Å²) >= 11 is 0. The molecule has 0 spiro atoms. The van der Waals surface area contributed by atoms with Gasteiger partial charge in [-0.2, -0.15) is 0 Å². The summed E-state index contributed by atoms with van der Waals surface area (Å²) in [5.74, 6) is -0.346. The van der Waals surface area contributed by atoms with Gasteiger partial charge < -0.3 is 14.3 Å². The molecule has 0 atom stereocenters. The average Bonchev–Trinajstić information content (AvgIpc) is 2.78. The highest BCUT2D eigenvalue weighted by Crippen LogP contribution is 2.31. The molecule has 1 aromatic heterocycles. The molecule has 1 heterocycles. The summed E-state index contributed by atoms with van der Waals surface area (Å²) in [7, 11) is 0. The Kier molecular flexibility index (Phi) is 3.10. The lowest BCUT2D eigenvalue weighted by Gasteiger charge is -2.11. The van der Waals surface area contributed by atoms with Crippen molar-refractivity contribution < 1.29 is 19.1 Å².